The number of carbonyl (C=O) groups is 2. The number of rotatable bonds is 16. The first-order valence-electron chi connectivity index (χ1n) is 15.0. The van der Waals surface area contributed by atoms with E-state index in [0.29, 0.717) is 51.5 Å². The number of carbonyl (C=O) groups excluding carboxylic acids is 2. The van der Waals surface area contributed by atoms with E-state index in [4.69, 9.17) is 0 Å². The van der Waals surface area contributed by atoms with Crippen molar-refractivity contribution in [2.75, 3.05) is 72.1 Å². The smallest absolute Gasteiger partial charge is 0.222 e. The van der Waals surface area contributed by atoms with Crippen molar-refractivity contribution in [1.29, 1.82) is 0 Å². The van der Waals surface area contributed by atoms with E-state index in [2.05, 4.69) is 23.6 Å². The van der Waals surface area contributed by atoms with Gasteiger partial charge in [0.1, 0.15) is 0 Å². The quantitative estimate of drug-likeness (QED) is 0.324. The van der Waals surface area contributed by atoms with Crippen molar-refractivity contribution in [3.8, 4) is 0 Å². The molecule has 3 fully saturated rings. The summed E-state index contributed by atoms with van der Waals surface area (Å²) in [4.78, 5) is 33.7. The molecule has 0 radical (unpaired) electrons. The normalized spacial score (nSPS) is 20.8. The van der Waals surface area contributed by atoms with Gasteiger partial charge in [-0.2, -0.15) is 0 Å². The van der Waals surface area contributed by atoms with Gasteiger partial charge < -0.3 is 24.7 Å². The minimum absolute atomic E-state index is 0.233. The molecule has 36 heavy (non-hydrogen) atoms. The number of aliphatic hydroxyl groups excluding tert-OH is 1. The maximum atomic E-state index is 12.5. The summed E-state index contributed by atoms with van der Waals surface area (Å²) in [6.07, 6.45) is 13.7. The summed E-state index contributed by atoms with van der Waals surface area (Å²) in [6.45, 7) is 14.3. The number of nitrogens with zero attached hydrogens (tertiary/aromatic N) is 4. The van der Waals surface area contributed by atoms with Crippen LogP contribution in [-0.4, -0.2) is 109 Å². The number of piperazine rings is 2. The molecule has 208 valence electrons. The number of unbranched alkanes of at least 4 members (excludes halogenated alkanes) is 7. The summed E-state index contributed by atoms with van der Waals surface area (Å²) in [5, 5.41) is 9.54. The Balaban J connectivity index is 1.09. The molecule has 0 unspecified atom stereocenters. The number of aliphatic hydroxyl groups is 1. The molecule has 0 aromatic heterocycles. The van der Waals surface area contributed by atoms with Crippen molar-refractivity contribution in [3.05, 3.63) is 0 Å². The zero-order chi connectivity index (χ0) is 25.8. The average Bonchev–Trinajstić information content (AvgIpc) is 3.65. The second kappa shape index (κ2) is 15.3. The third kappa shape index (κ3) is 10.3. The fraction of sp³-hybridized carbons (Fsp3) is 0.931. The molecule has 3 rings (SSSR count). The van der Waals surface area contributed by atoms with Crippen LogP contribution in [0.2, 0.25) is 0 Å². The maximum Gasteiger partial charge on any atom is 0.222 e. The molecule has 3 aliphatic rings. The minimum atomic E-state index is 0.233. The summed E-state index contributed by atoms with van der Waals surface area (Å²) in [6, 6.07) is 0. The molecule has 2 heterocycles. The first-order valence-corrected chi connectivity index (χ1v) is 15.0. The van der Waals surface area contributed by atoms with E-state index in [1.54, 1.807) is 0 Å². The Labute approximate surface area is 220 Å². The lowest BCUT2D eigenvalue weighted by Gasteiger charge is -2.36. The molecule has 1 aliphatic carbocycles. The van der Waals surface area contributed by atoms with E-state index < -0.39 is 0 Å². The van der Waals surface area contributed by atoms with E-state index in [1.807, 2.05) is 9.80 Å². The topological polar surface area (TPSA) is 67.3 Å². The van der Waals surface area contributed by atoms with Crippen LogP contribution in [0.25, 0.3) is 0 Å². The molecule has 1 N–H and O–H groups in total. The van der Waals surface area contributed by atoms with Gasteiger partial charge in [-0.25, -0.2) is 0 Å². The monoisotopic (exact) mass is 506 g/mol. The van der Waals surface area contributed by atoms with Crippen LogP contribution in [0.1, 0.15) is 90.9 Å². The molecular weight excluding hydrogens is 452 g/mol. The van der Waals surface area contributed by atoms with Crippen molar-refractivity contribution < 1.29 is 14.7 Å². The highest BCUT2D eigenvalue weighted by atomic mass is 16.3. The molecular formula is C29H54N4O3. The molecule has 7 nitrogen and oxygen atoms in total. The SMILES string of the molecule is CC(C)CC(=O)N1CCN(C(=O)CCCCCCCCCCN2CCN(CC3(CO)CC3)CC2)CC1. The molecule has 2 amide bonds. The van der Waals surface area contributed by atoms with Crippen molar-refractivity contribution in [3.63, 3.8) is 0 Å². The highest BCUT2D eigenvalue weighted by Crippen LogP contribution is 2.45. The van der Waals surface area contributed by atoms with Crippen LogP contribution < -0.4 is 0 Å². The van der Waals surface area contributed by atoms with Crippen LogP contribution >= 0.6 is 0 Å². The average molecular weight is 507 g/mol. The predicted molar refractivity (Wildman–Crippen MR) is 146 cm³/mol. The Morgan fingerprint density at radius 3 is 1.72 bits per heavy atom. The van der Waals surface area contributed by atoms with Gasteiger partial charge in [-0.15, -0.1) is 0 Å². The molecule has 0 bridgehead atoms. The molecule has 0 atom stereocenters. The number of hydrogen-bond acceptors (Lipinski definition) is 5. The van der Waals surface area contributed by atoms with Crippen LogP contribution in [0.5, 0.6) is 0 Å². The summed E-state index contributed by atoms with van der Waals surface area (Å²) < 4.78 is 0. The zero-order valence-electron chi connectivity index (χ0n) is 23.4. The highest BCUT2D eigenvalue weighted by Gasteiger charge is 2.43. The largest absolute Gasteiger partial charge is 0.396 e. The van der Waals surface area contributed by atoms with Crippen LogP contribution in [0.4, 0.5) is 0 Å². The Hall–Kier alpha value is -1.18. The van der Waals surface area contributed by atoms with Gasteiger partial charge in [-0.1, -0.05) is 52.4 Å². The lowest BCUT2D eigenvalue weighted by Crippen LogP contribution is -2.50. The fourth-order valence-electron chi connectivity index (χ4n) is 5.70. The van der Waals surface area contributed by atoms with Crippen molar-refractivity contribution in [2.45, 2.75) is 90.9 Å². The van der Waals surface area contributed by atoms with Crippen LogP contribution in [-0.2, 0) is 9.59 Å². The summed E-state index contributed by atoms with van der Waals surface area (Å²) in [5.74, 6) is 0.894. The van der Waals surface area contributed by atoms with E-state index in [-0.39, 0.29) is 17.2 Å². The number of hydrogen-bond donors (Lipinski definition) is 1. The van der Waals surface area contributed by atoms with E-state index in [9.17, 15) is 14.7 Å². The van der Waals surface area contributed by atoms with E-state index >= 15 is 0 Å². The van der Waals surface area contributed by atoms with Gasteiger partial charge >= 0.3 is 0 Å². The van der Waals surface area contributed by atoms with Crippen LogP contribution in [0, 0.1) is 11.3 Å². The molecule has 1 saturated carbocycles. The molecule has 0 spiro atoms. The van der Waals surface area contributed by atoms with E-state index in [1.165, 1.54) is 84.1 Å². The summed E-state index contributed by atoms with van der Waals surface area (Å²) in [5.41, 5.74) is 0.253. The van der Waals surface area contributed by atoms with Crippen LogP contribution in [0.3, 0.4) is 0 Å². The van der Waals surface area contributed by atoms with Gasteiger partial charge in [0.2, 0.25) is 11.8 Å². The van der Waals surface area contributed by atoms with Gasteiger partial charge in [0.15, 0.2) is 0 Å². The van der Waals surface area contributed by atoms with Gasteiger partial charge in [0.05, 0.1) is 0 Å². The van der Waals surface area contributed by atoms with Gasteiger partial charge in [0, 0.05) is 83.8 Å². The standard InChI is InChI=1S/C29H54N4O3/c1-26(2)23-28(36)33-21-19-32(20-22-33)27(35)11-9-7-5-3-4-6-8-10-14-30-15-17-31(18-16-30)24-29(25-34)12-13-29/h26,34H,3-25H2,1-2H3. The summed E-state index contributed by atoms with van der Waals surface area (Å²) in [7, 11) is 0. The van der Waals surface area contributed by atoms with Crippen molar-refractivity contribution >= 4 is 11.8 Å². The lowest BCUT2D eigenvalue weighted by atomic mass is 10.1. The molecule has 2 aliphatic heterocycles. The van der Waals surface area contributed by atoms with Gasteiger partial charge in [-0.3, -0.25) is 9.59 Å². The van der Waals surface area contributed by atoms with Gasteiger partial charge in [-0.05, 0) is 38.1 Å². The van der Waals surface area contributed by atoms with Crippen LogP contribution in [0.15, 0.2) is 0 Å². The summed E-state index contributed by atoms with van der Waals surface area (Å²) >= 11 is 0. The predicted octanol–water partition coefficient (Wildman–Crippen LogP) is 3.60. The Morgan fingerprint density at radius 2 is 1.19 bits per heavy atom. The Morgan fingerprint density at radius 1 is 0.694 bits per heavy atom. The first-order chi connectivity index (χ1) is 17.4. The second-order valence-electron chi connectivity index (χ2n) is 12.2. The van der Waals surface area contributed by atoms with Gasteiger partial charge in [0.25, 0.3) is 0 Å². The molecule has 0 aromatic carbocycles. The Kier molecular flexibility index (Phi) is 12.5. The third-order valence-electron chi connectivity index (χ3n) is 8.50. The Bertz CT molecular complexity index is 651. The zero-order valence-corrected chi connectivity index (χ0v) is 23.4. The lowest BCUT2D eigenvalue weighted by molar-refractivity contribution is -0.140. The second-order valence-corrected chi connectivity index (χ2v) is 12.2. The molecule has 7 heteroatoms. The first kappa shape index (κ1) is 29.4. The maximum absolute atomic E-state index is 12.5. The fourth-order valence-corrected chi connectivity index (χ4v) is 5.70. The minimum Gasteiger partial charge on any atom is -0.396 e. The third-order valence-corrected chi connectivity index (χ3v) is 8.50. The van der Waals surface area contributed by atoms with Crippen molar-refractivity contribution in [2.24, 2.45) is 11.3 Å². The number of amides is 2. The molecule has 0 aromatic rings. The highest BCUT2D eigenvalue weighted by molar-refractivity contribution is 5.78. The van der Waals surface area contributed by atoms with Crippen molar-refractivity contribution in [1.82, 2.24) is 19.6 Å². The van der Waals surface area contributed by atoms with E-state index in [0.717, 1.165) is 19.4 Å². The molecule has 2 saturated heterocycles.